The van der Waals surface area contributed by atoms with Crippen LogP contribution in [0, 0.1) is 0 Å². The summed E-state index contributed by atoms with van der Waals surface area (Å²) in [5.74, 6) is 0.515. The van der Waals surface area contributed by atoms with Crippen molar-refractivity contribution in [2.75, 3.05) is 31.7 Å². The summed E-state index contributed by atoms with van der Waals surface area (Å²) in [6.07, 6.45) is 0. The van der Waals surface area contributed by atoms with Crippen LogP contribution in [0.3, 0.4) is 0 Å². The van der Waals surface area contributed by atoms with E-state index in [0.29, 0.717) is 17.0 Å². The quantitative estimate of drug-likeness (QED) is 0.824. The fourth-order valence-electron chi connectivity index (χ4n) is 1.42. The molecule has 7 nitrogen and oxygen atoms in total. The van der Waals surface area contributed by atoms with Crippen LogP contribution >= 0.6 is 11.3 Å². The van der Waals surface area contributed by atoms with Gasteiger partial charge in [0.05, 0.1) is 11.8 Å². The van der Waals surface area contributed by atoms with Gasteiger partial charge in [-0.05, 0) is 6.07 Å². The molecule has 0 aliphatic heterocycles. The van der Waals surface area contributed by atoms with Gasteiger partial charge >= 0.3 is 10.2 Å². The lowest BCUT2D eigenvalue weighted by atomic mass is 10.3. The Kier molecular flexibility index (Phi) is 3.52. The molecule has 1 aromatic heterocycles. The van der Waals surface area contributed by atoms with Gasteiger partial charge in [-0.3, -0.25) is 0 Å². The highest BCUT2D eigenvalue weighted by molar-refractivity contribution is 7.90. The van der Waals surface area contributed by atoms with Crippen molar-refractivity contribution in [3.63, 3.8) is 0 Å². The molecule has 0 bridgehead atoms. The van der Waals surface area contributed by atoms with Gasteiger partial charge in [-0.15, -0.1) is 0 Å². The highest BCUT2D eigenvalue weighted by Crippen LogP contribution is 2.34. The summed E-state index contributed by atoms with van der Waals surface area (Å²) in [7, 11) is 0.819. The van der Waals surface area contributed by atoms with Gasteiger partial charge in [0.1, 0.15) is 11.3 Å². The SMILES string of the molecule is COc1cc(N)cc2sc(NS(=O)(=O)N(C)C)nc12. The number of hydrogen-bond donors (Lipinski definition) is 2. The number of ether oxygens (including phenoxy) is 1. The molecule has 0 amide bonds. The van der Waals surface area contributed by atoms with Gasteiger partial charge in [-0.25, -0.2) is 9.71 Å². The molecule has 2 rings (SSSR count). The first kappa shape index (κ1) is 13.8. The molecule has 1 aromatic carbocycles. The second kappa shape index (κ2) is 4.83. The van der Waals surface area contributed by atoms with Crippen LogP contribution in [-0.4, -0.2) is 38.9 Å². The minimum Gasteiger partial charge on any atom is -0.494 e. The first-order chi connectivity index (χ1) is 8.83. The lowest BCUT2D eigenvalue weighted by molar-refractivity contribution is 0.419. The maximum absolute atomic E-state index is 11.7. The number of benzene rings is 1. The fraction of sp³-hybridized carbons (Fsp3) is 0.300. The van der Waals surface area contributed by atoms with Crippen molar-refractivity contribution in [1.82, 2.24) is 9.29 Å². The molecule has 0 atom stereocenters. The molecule has 0 aliphatic rings. The van der Waals surface area contributed by atoms with Crippen LogP contribution in [0.4, 0.5) is 10.8 Å². The van der Waals surface area contributed by atoms with Crippen molar-refractivity contribution in [1.29, 1.82) is 0 Å². The number of nitrogen functional groups attached to an aromatic ring is 1. The first-order valence-corrected chi connectivity index (χ1v) is 7.53. The lowest BCUT2D eigenvalue weighted by Gasteiger charge is -2.10. The molecule has 0 radical (unpaired) electrons. The number of aromatic nitrogens is 1. The van der Waals surface area contributed by atoms with Crippen LogP contribution in [-0.2, 0) is 10.2 Å². The number of thiazole rings is 1. The third-order valence-electron chi connectivity index (χ3n) is 2.40. The summed E-state index contributed by atoms with van der Waals surface area (Å²) >= 11 is 1.20. The topological polar surface area (TPSA) is 97.5 Å². The number of methoxy groups -OCH3 is 1. The minimum absolute atomic E-state index is 0.271. The summed E-state index contributed by atoms with van der Waals surface area (Å²) < 4.78 is 32.8. The van der Waals surface area contributed by atoms with Gasteiger partial charge in [0.2, 0.25) is 0 Å². The van der Waals surface area contributed by atoms with Crippen molar-refractivity contribution < 1.29 is 13.2 Å². The number of anilines is 2. The maximum atomic E-state index is 11.7. The monoisotopic (exact) mass is 302 g/mol. The average molecular weight is 302 g/mol. The molecule has 0 unspecified atom stereocenters. The zero-order valence-electron chi connectivity index (χ0n) is 10.7. The van der Waals surface area contributed by atoms with E-state index in [0.717, 1.165) is 9.01 Å². The lowest BCUT2D eigenvalue weighted by Crippen LogP contribution is -2.28. The van der Waals surface area contributed by atoms with Crippen LogP contribution in [0.25, 0.3) is 10.2 Å². The number of hydrogen-bond acceptors (Lipinski definition) is 6. The van der Waals surface area contributed by atoms with Gasteiger partial charge in [-0.2, -0.15) is 12.7 Å². The maximum Gasteiger partial charge on any atom is 0.302 e. The van der Waals surface area contributed by atoms with E-state index in [4.69, 9.17) is 10.5 Å². The van der Waals surface area contributed by atoms with Gasteiger partial charge in [0.15, 0.2) is 5.13 Å². The van der Waals surface area contributed by atoms with E-state index in [9.17, 15) is 8.42 Å². The predicted molar refractivity (Wildman–Crippen MR) is 76.8 cm³/mol. The Morgan fingerprint density at radius 3 is 2.68 bits per heavy atom. The smallest absolute Gasteiger partial charge is 0.302 e. The normalized spacial score (nSPS) is 12.0. The zero-order valence-corrected chi connectivity index (χ0v) is 12.3. The molecule has 19 heavy (non-hydrogen) atoms. The Bertz CT molecular complexity index is 709. The van der Waals surface area contributed by atoms with E-state index in [1.54, 1.807) is 12.1 Å². The third-order valence-corrected chi connectivity index (χ3v) is 4.86. The van der Waals surface area contributed by atoms with Crippen LogP contribution in [0.15, 0.2) is 12.1 Å². The summed E-state index contributed by atoms with van der Waals surface area (Å²) in [5.41, 5.74) is 6.86. The largest absolute Gasteiger partial charge is 0.494 e. The van der Waals surface area contributed by atoms with E-state index in [1.807, 2.05) is 0 Å². The van der Waals surface area contributed by atoms with Crippen LogP contribution < -0.4 is 15.2 Å². The Morgan fingerprint density at radius 2 is 2.11 bits per heavy atom. The number of rotatable bonds is 4. The molecule has 2 aromatic rings. The first-order valence-electron chi connectivity index (χ1n) is 5.28. The highest BCUT2D eigenvalue weighted by Gasteiger charge is 2.17. The fourth-order valence-corrected chi connectivity index (χ4v) is 3.13. The number of fused-ring (bicyclic) bond motifs is 1. The third kappa shape index (κ3) is 2.72. The van der Waals surface area contributed by atoms with E-state index in [-0.39, 0.29) is 5.13 Å². The van der Waals surface area contributed by atoms with E-state index in [2.05, 4.69) is 9.71 Å². The molecule has 0 fully saturated rings. The van der Waals surface area contributed by atoms with Crippen molar-refractivity contribution in [2.24, 2.45) is 0 Å². The van der Waals surface area contributed by atoms with E-state index < -0.39 is 10.2 Å². The van der Waals surface area contributed by atoms with Crippen LogP contribution in [0.5, 0.6) is 5.75 Å². The van der Waals surface area contributed by atoms with Crippen molar-refractivity contribution >= 4 is 42.6 Å². The Labute approximate surface area is 115 Å². The van der Waals surface area contributed by atoms with Crippen LogP contribution in [0.1, 0.15) is 0 Å². The molecule has 104 valence electrons. The molecule has 0 saturated heterocycles. The average Bonchev–Trinajstić information content (AvgIpc) is 2.68. The van der Waals surface area contributed by atoms with Crippen molar-refractivity contribution in [3.05, 3.63) is 12.1 Å². The molecule has 0 saturated carbocycles. The molecule has 3 N–H and O–H groups in total. The number of nitrogens with zero attached hydrogens (tertiary/aromatic N) is 2. The summed E-state index contributed by atoms with van der Waals surface area (Å²) in [6.45, 7) is 0. The Balaban J connectivity index is 2.48. The molecule has 0 spiro atoms. The standard InChI is InChI=1S/C10H14N4O3S2/c1-14(2)19(15,16)13-10-12-9-7(17-3)4-6(11)5-8(9)18-10/h4-5H,11H2,1-3H3,(H,12,13). The van der Waals surface area contributed by atoms with Gasteiger partial charge < -0.3 is 10.5 Å². The highest BCUT2D eigenvalue weighted by atomic mass is 32.2. The molecule has 0 aliphatic carbocycles. The molecule has 9 heteroatoms. The van der Waals surface area contributed by atoms with Gasteiger partial charge in [0.25, 0.3) is 0 Å². The summed E-state index contributed by atoms with van der Waals surface area (Å²) in [5, 5.41) is 0.271. The second-order valence-corrected chi connectivity index (χ2v) is 6.89. The van der Waals surface area contributed by atoms with Crippen molar-refractivity contribution in [2.45, 2.75) is 0 Å². The van der Waals surface area contributed by atoms with Crippen LogP contribution in [0.2, 0.25) is 0 Å². The summed E-state index contributed by atoms with van der Waals surface area (Å²) in [4.78, 5) is 4.21. The van der Waals surface area contributed by atoms with Gasteiger partial charge in [-0.1, -0.05) is 11.3 Å². The Hall–Kier alpha value is -1.58. The summed E-state index contributed by atoms with van der Waals surface area (Å²) in [6, 6.07) is 3.37. The molecular formula is C10H14N4O3S2. The Morgan fingerprint density at radius 1 is 1.42 bits per heavy atom. The van der Waals surface area contributed by atoms with Gasteiger partial charge in [0, 0.05) is 25.8 Å². The molecule has 1 heterocycles. The molecular weight excluding hydrogens is 288 g/mol. The predicted octanol–water partition coefficient (Wildman–Crippen LogP) is 1.11. The zero-order chi connectivity index (χ0) is 14.2. The van der Waals surface area contributed by atoms with E-state index >= 15 is 0 Å². The number of nitrogens with two attached hydrogens (primary N) is 1. The second-order valence-electron chi connectivity index (χ2n) is 3.98. The van der Waals surface area contributed by atoms with E-state index in [1.165, 1.54) is 32.5 Å². The minimum atomic E-state index is -3.57. The number of nitrogens with one attached hydrogen (secondary N) is 1. The van der Waals surface area contributed by atoms with Crippen molar-refractivity contribution in [3.8, 4) is 5.75 Å².